The average Bonchev–Trinajstić information content (AvgIpc) is 3.29. The predicted molar refractivity (Wildman–Crippen MR) is 163 cm³/mol. The maximum Gasteiger partial charge on any atom is 0.359 e. The van der Waals surface area contributed by atoms with E-state index in [1.807, 2.05) is 10.9 Å². The smallest absolute Gasteiger partial charge is 0.359 e. The van der Waals surface area contributed by atoms with Crippen LogP contribution < -0.4 is 4.74 Å². The highest BCUT2D eigenvalue weighted by atomic mass is 32.2. The molecule has 0 fully saturated rings. The summed E-state index contributed by atoms with van der Waals surface area (Å²) in [4.78, 5) is 21.7. The molecular weight excluding hydrogens is 508 g/mol. The van der Waals surface area contributed by atoms with Crippen molar-refractivity contribution in [2.75, 3.05) is 19.5 Å². The summed E-state index contributed by atoms with van der Waals surface area (Å²) in [5.74, 6) is 0.116. The number of unbranched alkanes of at least 4 members (excludes halogenated alkanes) is 15. The predicted octanol–water partition coefficient (Wildman–Crippen LogP) is 9.12. The summed E-state index contributed by atoms with van der Waals surface area (Å²) in [5.41, 5.74) is 0.865. The van der Waals surface area contributed by atoms with Crippen LogP contribution in [-0.2, 0) is 10.3 Å². The minimum absolute atomic E-state index is 0.196. The van der Waals surface area contributed by atoms with E-state index in [9.17, 15) is 4.79 Å². The zero-order chi connectivity index (χ0) is 28.5. The number of aromatic nitrogens is 4. The zero-order valence-electron chi connectivity index (χ0n) is 25.6. The second-order valence-corrected chi connectivity index (χ2v) is 12.3. The highest BCUT2D eigenvalue weighted by molar-refractivity contribution is 7.98. The Balaban J connectivity index is 1.74. The molecule has 2 aromatic rings. The molecule has 39 heavy (non-hydrogen) atoms. The Bertz CT molecular complexity index is 971. The molecule has 0 N–H and O–H groups in total. The molecule has 2 aromatic heterocycles. The molecule has 2 rings (SSSR count). The van der Waals surface area contributed by atoms with Gasteiger partial charge in [0.2, 0.25) is 5.88 Å². The average molecular weight is 563 g/mol. The van der Waals surface area contributed by atoms with Crippen molar-refractivity contribution in [3.63, 3.8) is 0 Å². The minimum atomic E-state index is -0.483. The molecule has 0 aliphatic rings. The SMILES string of the molecule is CCCCCCCCCCCCCCCCCCOc1c2nc(SC)nc(C(=O)OCC)c2nn1C(C)(C)C. The van der Waals surface area contributed by atoms with Crippen LogP contribution in [0.5, 0.6) is 5.88 Å². The quantitative estimate of drug-likeness (QED) is 0.0649. The van der Waals surface area contributed by atoms with Crippen LogP contribution in [0.3, 0.4) is 0 Å². The largest absolute Gasteiger partial charge is 0.476 e. The molecule has 0 bridgehead atoms. The summed E-state index contributed by atoms with van der Waals surface area (Å²) < 4.78 is 13.3. The van der Waals surface area contributed by atoms with Gasteiger partial charge in [0.05, 0.1) is 18.8 Å². The van der Waals surface area contributed by atoms with Crippen molar-refractivity contribution in [1.29, 1.82) is 0 Å². The van der Waals surface area contributed by atoms with E-state index in [4.69, 9.17) is 14.6 Å². The van der Waals surface area contributed by atoms with Crippen LogP contribution in [0.25, 0.3) is 11.0 Å². The second-order valence-electron chi connectivity index (χ2n) is 11.5. The fourth-order valence-corrected chi connectivity index (χ4v) is 5.13. The molecular formula is C31H54N4O3S. The molecule has 0 amide bonds. The lowest BCUT2D eigenvalue weighted by molar-refractivity contribution is 0.0520. The monoisotopic (exact) mass is 562 g/mol. The maximum atomic E-state index is 12.6. The molecule has 0 saturated carbocycles. The Morgan fingerprint density at radius 2 is 1.28 bits per heavy atom. The zero-order valence-corrected chi connectivity index (χ0v) is 26.5. The second kappa shape index (κ2) is 18.5. The first kappa shape index (κ1) is 33.4. The molecule has 0 radical (unpaired) electrons. The number of nitrogens with zero attached hydrogens (tertiary/aromatic N) is 4. The van der Waals surface area contributed by atoms with Gasteiger partial charge < -0.3 is 9.47 Å². The number of ether oxygens (including phenoxy) is 2. The van der Waals surface area contributed by atoms with Crippen molar-refractivity contribution in [3.8, 4) is 5.88 Å². The number of esters is 1. The lowest BCUT2D eigenvalue weighted by Crippen LogP contribution is -2.24. The Morgan fingerprint density at radius 3 is 1.74 bits per heavy atom. The minimum Gasteiger partial charge on any atom is -0.476 e. The van der Waals surface area contributed by atoms with Crippen LogP contribution in [-0.4, -0.2) is 45.2 Å². The molecule has 222 valence electrons. The molecule has 8 heteroatoms. The van der Waals surface area contributed by atoms with E-state index in [-0.39, 0.29) is 17.8 Å². The van der Waals surface area contributed by atoms with E-state index in [1.165, 1.54) is 102 Å². The lowest BCUT2D eigenvalue weighted by Gasteiger charge is -2.21. The summed E-state index contributed by atoms with van der Waals surface area (Å²) in [5, 5.41) is 5.22. The van der Waals surface area contributed by atoms with Gasteiger partial charge in [-0.1, -0.05) is 115 Å². The van der Waals surface area contributed by atoms with Gasteiger partial charge in [0.15, 0.2) is 16.4 Å². The molecule has 0 spiro atoms. The van der Waals surface area contributed by atoms with Crippen LogP contribution >= 0.6 is 11.8 Å². The molecule has 0 aliphatic heterocycles. The number of rotatable bonds is 21. The summed E-state index contributed by atoms with van der Waals surface area (Å²) in [6, 6.07) is 0. The van der Waals surface area contributed by atoms with Gasteiger partial charge in [0.25, 0.3) is 0 Å². The van der Waals surface area contributed by atoms with Gasteiger partial charge in [-0.05, 0) is 40.4 Å². The first-order valence-corrected chi connectivity index (χ1v) is 16.7. The first-order valence-electron chi connectivity index (χ1n) is 15.5. The highest BCUT2D eigenvalue weighted by Crippen LogP contribution is 2.32. The summed E-state index contributed by atoms with van der Waals surface area (Å²) >= 11 is 1.39. The van der Waals surface area contributed by atoms with E-state index < -0.39 is 5.97 Å². The summed E-state index contributed by atoms with van der Waals surface area (Å²) in [7, 11) is 0. The summed E-state index contributed by atoms with van der Waals surface area (Å²) in [6.45, 7) is 11.1. The van der Waals surface area contributed by atoms with Gasteiger partial charge in [0.1, 0.15) is 5.52 Å². The number of fused-ring (bicyclic) bond motifs is 1. The molecule has 0 atom stereocenters. The van der Waals surface area contributed by atoms with Crippen molar-refractivity contribution in [1.82, 2.24) is 19.7 Å². The fraction of sp³-hybridized carbons (Fsp3) is 0.806. The van der Waals surface area contributed by atoms with Crippen molar-refractivity contribution >= 4 is 28.8 Å². The van der Waals surface area contributed by atoms with Crippen molar-refractivity contribution in [3.05, 3.63) is 5.69 Å². The van der Waals surface area contributed by atoms with Gasteiger partial charge in [-0.3, -0.25) is 0 Å². The topological polar surface area (TPSA) is 79.1 Å². The van der Waals surface area contributed by atoms with Gasteiger partial charge in [0, 0.05) is 0 Å². The van der Waals surface area contributed by atoms with Crippen LogP contribution in [0.15, 0.2) is 5.16 Å². The maximum absolute atomic E-state index is 12.6. The van der Waals surface area contributed by atoms with Crippen LogP contribution in [0.1, 0.15) is 148 Å². The summed E-state index contributed by atoms with van der Waals surface area (Å²) in [6.07, 6.45) is 23.3. The van der Waals surface area contributed by atoms with Crippen molar-refractivity contribution in [2.24, 2.45) is 0 Å². The normalized spacial score (nSPS) is 11.8. The highest BCUT2D eigenvalue weighted by Gasteiger charge is 2.28. The Kier molecular flexibility index (Phi) is 15.8. The Morgan fingerprint density at radius 1 is 0.769 bits per heavy atom. The van der Waals surface area contributed by atoms with Crippen molar-refractivity contribution in [2.45, 2.75) is 148 Å². The van der Waals surface area contributed by atoms with Gasteiger partial charge in [-0.15, -0.1) is 0 Å². The molecule has 2 heterocycles. The third kappa shape index (κ3) is 11.7. The number of thioether (sulfide) groups is 1. The molecule has 0 aliphatic carbocycles. The number of carbonyl (C=O) groups is 1. The van der Waals surface area contributed by atoms with E-state index >= 15 is 0 Å². The number of hydrogen-bond donors (Lipinski definition) is 0. The van der Waals surface area contributed by atoms with E-state index in [2.05, 4.69) is 37.7 Å². The molecule has 0 saturated heterocycles. The Labute approximate surface area is 241 Å². The van der Waals surface area contributed by atoms with E-state index in [0.717, 1.165) is 12.8 Å². The fourth-order valence-electron chi connectivity index (χ4n) is 4.76. The standard InChI is InChI=1S/C31H54N4O3S/c1-7-9-10-11-12-13-14-15-16-17-18-19-20-21-22-23-24-38-28-26-25(34-35(28)31(3,4)5)27(29(36)37-8-2)33-30(32-26)39-6/h7-24H2,1-6H3. The number of carbonyl (C=O) groups excluding carboxylic acids is 1. The van der Waals surface area contributed by atoms with Crippen LogP contribution in [0, 0.1) is 0 Å². The lowest BCUT2D eigenvalue weighted by atomic mass is 10.0. The van der Waals surface area contributed by atoms with Crippen LogP contribution in [0.2, 0.25) is 0 Å². The van der Waals surface area contributed by atoms with E-state index in [1.54, 1.807) is 6.92 Å². The van der Waals surface area contributed by atoms with Gasteiger partial charge >= 0.3 is 5.97 Å². The van der Waals surface area contributed by atoms with E-state index in [0.29, 0.717) is 28.7 Å². The number of hydrogen-bond acceptors (Lipinski definition) is 7. The van der Waals surface area contributed by atoms with Crippen molar-refractivity contribution < 1.29 is 14.3 Å². The molecule has 0 aromatic carbocycles. The first-order chi connectivity index (χ1) is 18.8. The molecule has 7 nitrogen and oxygen atoms in total. The van der Waals surface area contributed by atoms with Gasteiger partial charge in [-0.2, -0.15) is 5.10 Å². The third-order valence-corrected chi connectivity index (χ3v) is 7.53. The van der Waals surface area contributed by atoms with Gasteiger partial charge in [-0.25, -0.2) is 19.4 Å². The Hall–Kier alpha value is -1.83. The molecule has 0 unspecified atom stereocenters. The third-order valence-electron chi connectivity index (χ3n) is 6.98. The van der Waals surface area contributed by atoms with Crippen LogP contribution in [0.4, 0.5) is 0 Å².